The number of morpholine rings is 1. The third kappa shape index (κ3) is 4.84. The Morgan fingerprint density at radius 1 is 1.20 bits per heavy atom. The summed E-state index contributed by atoms with van der Waals surface area (Å²) in [5.74, 6) is -1.87. The molecule has 0 aromatic heterocycles. The van der Waals surface area contributed by atoms with Crippen molar-refractivity contribution in [3.8, 4) is 0 Å². The van der Waals surface area contributed by atoms with Crippen LogP contribution in [0.1, 0.15) is 11.1 Å². The number of nitrogens with zero attached hydrogens (tertiary/aromatic N) is 1. The minimum Gasteiger partial charge on any atom is -0.366 e. The van der Waals surface area contributed by atoms with Gasteiger partial charge in [0.25, 0.3) is 5.91 Å². The first kappa shape index (κ1) is 17.5. The monoisotopic (exact) mass is 346 g/mol. The van der Waals surface area contributed by atoms with Crippen molar-refractivity contribution in [2.45, 2.75) is 19.6 Å². The van der Waals surface area contributed by atoms with E-state index in [2.05, 4.69) is 34.5 Å². The maximum Gasteiger partial charge on any atom is 0.254 e. The van der Waals surface area contributed by atoms with E-state index in [4.69, 9.17) is 4.74 Å². The highest BCUT2D eigenvalue weighted by atomic mass is 19.1. The van der Waals surface area contributed by atoms with Crippen molar-refractivity contribution in [3.63, 3.8) is 0 Å². The van der Waals surface area contributed by atoms with E-state index in [1.807, 2.05) is 6.92 Å². The van der Waals surface area contributed by atoms with E-state index in [-0.39, 0.29) is 5.69 Å². The summed E-state index contributed by atoms with van der Waals surface area (Å²) < 4.78 is 32.0. The van der Waals surface area contributed by atoms with Crippen LogP contribution in [-0.4, -0.2) is 36.6 Å². The number of anilines is 1. The highest BCUT2D eigenvalue weighted by Crippen LogP contribution is 2.16. The Morgan fingerprint density at radius 2 is 1.88 bits per heavy atom. The topological polar surface area (TPSA) is 41.6 Å². The largest absolute Gasteiger partial charge is 0.366 e. The van der Waals surface area contributed by atoms with Crippen molar-refractivity contribution in [3.05, 3.63) is 65.2 Å². The zero-order chi connectivity index (χ0) is 17.8. The summed E-state index contributed by atoms with van der Waals surface area (Å²) in [4.78, 5) is 14.5. The summed E-state index contributed by atoms with van der Waals surface area (Å²) in [6.45, 7) is 4.35. The van der Waals surface area contributed by atoms with Gasteiger partial charge in [0, 0.05) is 31.4 Å². The SMILES string of the molecule is Cc1ccc(CN2CCO[C@H](C(=O)Nc3cc(F)cc(F)c3)C2)cc1. The van der Waals surface area contributed by atoms with E-state index >= 15 is 0 Å². The standard InChI is InChI=1S/C19H20F2N2O2/c1-13-2-4-14(5-3-13)11-23-6-7-25-18(12-23)19(24)22-17-9-15(20)8-16(21)10-17/h2-5,8-10,18H,6-7,11-12H2,1H3,(H,22,24)/t18-/m0/s1. The quantitative estimate of drug-likeness (QED) is 0.925. The second-order valence-electron chi connectivity index (χ2n) is 6.23. The minimum atomic E-state index is -0.735. The van der Waals surface area contributed by atoms with Gasteiger partial charge in [-0.05, 0) is 24.6 Å². The summed E-state index contributed by atoms with van der Waals surface area (Å²) in [6, 6.07) is 11.2. The number of benzene rings is 2. The van der Waals surface area contributed by atoms with Crippen molar-refractivity contribution >= 4 is 11.6 Å². The van der Waals surface area contributed by atoms with E-state index in [1.54, 1.807) is 0 Å². The molecule has 0 aliphatic carbocycles. The molecule has 1 heterocycles. The van der Waals surface area contributed by atoms with Gasteiger partial charge in [-0.25, -0.2) is 8.78 Å². The molecule has 4 nitrogen and oxygen atoms in total. The van der Waals surface area contributed by atoms with Gasteiger partial charge in [0.05, 0.1) is 6.61 Å². The second-order valence-corrected chi connectivity index (χ2v) is 6.23. The number of aryl methyl sites for hydroxylation is 1. The van der Waals surface area contributed by atoms with Crippen LogP contribution >= 0.6 is 0 Å². The molecule has 2 aromatic rings. The lowest BCUT2D eigenvalue weighted by atomic mass is 10.1. The second kappa shape index (κ2) is 7.72. The molecule has 1 atom stereocenters. The van der Waals surface area contributed by atoms with Crippen molar-refractivity contribution < 1.29 is 18.3 Å². The summed E-state index contributed by atoms with van der Waals surface area (Å²) in [5, 5.41) is 2.51. The van der Waals surface area contributed by atoms with Crippen LogP contribution in [0.25, 0.3) is 0 Å². The Balaban J connectivity index is 1.60. The zero-order valence-corrected chi connectivity index (χ0v) is 14.0. The molecule has 1 saturated heterocycles. The molecule has 1 fully saturated rings. The number of hydrogen-bond acceptors (Lipinski definition) is 3. The molecule has 132 valence electrons. The molecule has 0 radical (unpaired) electrons. The Morgan fingerprint density at radius 3 is 2.56 bits per heavy atom. The van der Waals surface area contributed by atoms with Crippen molar-refractivity contribution in [1.29, 1.82) is 0 Å². The van der Waals surface area contributed by atoms with Gasteiger partial charge in [-0.15, -0.1) is 0 Å². The molecule has 1 amide bonds. The van der Waals surface area contributed by atoms with E-state index in [0.717, 1.165) is 31.3 Å². The molecular weight excluding hydrogens is 326 g/mol. The number of nitrogens with one attached hydrogen (secondary N) is 1. The molecule has 2 aromatic carbocycles. The number of rotatable bonds is 4. The summed E-state index contributed by atoms with van der Waals surface area (Å²) in [6.07, 6.45) is -0.675. The van der Waals surface area contributed by atoms with Gasteiger partial charge >= 0.3 is 0 Å². The molecule has 6 heteroatoms. The molecule has 1 aliphatic rings. The third-order valence-corrected chi connectivity index (χ3v) is 4.10. The average Bonchev–Trinajstić information content (AvgIpc) is 2.56. The third-order valence-electron chi connectivity index (χ3n) is 4.10. The van der Waals surface area contributed by atoms with Crippen LogP contribution in [0.4, 0.5) is 14.5 Å². The number of amides is 1. The Kier molecular flexibility index (Phi) is 5.40. The van der Waals surface area contributed by atoms with Crippen LogP contribution in [0.2, 0.25) is 0 Å². The van der Waals surface area contributed by atoms with E-state index in [1.165, 1.54) is 11.1 Å². The molecule has 0 spiro atoms. The van der Waals surface area contributed by atoms with Gasteiger partial charge in [-0.2, -0.15) is 0 Å². The predicted molar refractivity (Wildman–Crippen MR) is 91.2 cm³/mol. The first-order chi connectivity index (χ1) is 12.0. The number of carbonyl (C=O) groups excluding carboxylic acids is 1. The first-order valence-corrected chi connectivity index (χ1v) is 8.16. The van der Waals surface area contributed by atoms with E-state index < -0.39 is 23.6 Å². The van der Waals surface area contributed by atoms with Crippen molar-refractivity contribution in [2.75, 3.05) is 25.0 Å². The molecular formula is C19H20F2N2O2. The molecule has 0 unspecified atom stereocenters. The Labute approximate surface area is 145 Å². The fraction of sp³-hybridized carbons (Fsp3) is 0.316. The van der Waals surface area contributed by atoms with Crippen LogP contribution in [0.5, 0.6) is 0 Å². The average molecular weight is 346 g/mol. The normalized spacial score (nSPS) is 18.1. The summed E-state index contributed by atoms with van der Waals surface area (Å²) in [7, 11) is 0. The Bertz CT molecular complexity index is 729. The van der Waals surface area contributed by atoms with Crippen LogP contribution in [-0.2, 0) is 16.1 Å². The zero-order valence-electron chi connectivity index (χ0n) is 14.0. The van der Waals surface area contributed by atoms with Gasteiger partial charge in [0.2, 0.25) is 0 Å². The lowest BCUT2D eigenvalue weighted by Gasteiger charge is -2.32. The van der Waals surface area contributed by atoms with Gasteiger partial charge in [-0.1, -0.05) is 29.8 Å². The number of carbonyl (C=O) groups is 1. The van der Waals surface area contributed by atoms with Crippen molar-refractivity contribution in [1.82, 2.24) is 4.90 Å². The van der Waals surface area contributed by atoms with E-state index in [0.29, 0.717) is 13.2 Å². The van der Waals surface area contributed by atoms with Crippen LogP contribution in [0, 0.1) is 18.6 Å². The maximum absolute atomic E-state index is 13.2. The Hall–Kier alpha value is -2.31. The minimum absolute atomic E-state index is 0.0850. The fourth-order valence-corrected chi connectivity index (χ4v) is 2.81. The van der Waals surface area contributed by atoms with Crippen LogP contribution < -0.4 is 5.32 Å². The highest BCUT2D eigenvalue weighted by molar-refractivity contribution is 5.94. The predicted octanol–water partition coefficient (Wildman–Crippen LogP) is 3.11. The number of halogens is 2. The highest BCUT2D eigenvalue weighted by Gasteiger charge is 2.27. The van der Waals surface area contributed by atoms with Crippen LogP contribution in [0.3, 0.4) is 0 Å². The molecule has 3 rings (SSSR count). The molecule has 0 saturated carbocycles. The molecule has 0 bridgehead atoms. The van der Waals surface area contributed by atoms with Gasteiger partial charge in [0.15, 0.2) is 0 Å². The molecule has 25 heavy (non-hydrogen) atoms. The van der Waals surface area contributed by atoms with Gasteiger partial charge in [-0.3, -0.25) is 9.69 Å². The number of ether oxygens (including phenoxy) is 1. The number of hydrogen-bond donors (Lipinski definition) is 1. The van der Waals surface area contributed by atoms with Gasteiger partial charge in [0.1, 0.15) is 17.7 Å². The fourth-order valence-electron chi connectivity index (χ4n) is 2.81. The van der Waals surface area contributed by atoms with Crippen LogP contribution in [0.15, 0.2) is 42.5 Å². The lowest BCUT2D eigenvalue weighted by Crippen LogP contribution is -2.47. The summed E-state index contributed by atoms with van der Waals surface area (Å²) in [5.41, 5.74) is 2.45. The molecule has 1 N–H and O–H groups in total. The molecule has 1 aliphatic heterocycles. The summed E-state index contributed by atoms with van der Waals surface area (Å²) >= 11 is 0. The van der Waals surface area contributed by atoms with E-state index in [9.17, 15) is 13.6 Å². The maximum atomic E-state index is 13.2. The lowest BCUT2D eigenvalue weighted by molar-refractivity contribution is -0.133. The van der Waals surface area contributed by atoms with Gasteiger partial charge < -0.3 is 10.1 Å². The van der Waals surface area contributed by atoms with Crippen molar-refractivity contribution in [2.24, 2.45) is 0 Å². The smallest absolute Gasteiger partial charge is 0.254 e. The first-order valence-electron chi connectivity index (χ1n) is 8.16.